The standard InChI is InChI=1S/C12H19N5O3S/c1-2-5-16-9-12(8-11(16)10-18)21(19,20)14-4-7-17-6-3-13-15-17/h3,6,8-9,14,18H,2,4-5,7,10H2,1H3. The first-order chi connectivity index (χ1) is 10.1. The number of sulfonamides is 1. The summed E-state index contributed by atoms with van der Waals surface area (Å²) in [5.74, 6) is 0. The first kappa shape index (κ1) is 15.7. The Morgan fingerprint density at radius 1 is 1.38 bits per heavy atom. The van der Waals surface area contributed by atoms with Crippen LogP contribution in [0.3, 0.4) is 0 Å². The number of aryl methyl sites for hydroxylation is 1. The molecule has 21 heavy (non-hydrogen) atoms. The van der Waals surface area contributed by atoms with Crippen LogP contribution in [-0.4, -0.2) is 39.6 Å². The van der Waals surface area contributed by atoms with Crippen LogP contribution in [0.25, 0.3) is 0 Å². The van der Waals surface area contributed by atoms with Crippen LogP contribution in [0.1, 0.15) is 19.0 Å². The van der Waals surface area contributed by atoms with Crippen molar-refractivity contribution in [3.8, 4) is 0 Å². The third-order valence-electron chi connectivity index (χ3n) is 3.00. The summed E-state index contributed by atoms with van der Waals surface area (Å²) in [6.07, 6.45) is 5.61. The zero-order valence-electron chi connectivity index (χ0n) is 11.8. The van der Waals surface area contributed by atoms with Gasteiger partial charge < -0.3 is 9.67 Å². The van der Waals surface area contributed by atoms with Gasteiger partial charge in [-0.3, -0.25) is 4.68 Å². The quantitative estimate of drug-likeness (QED) is 0.712. The van der Waals surface area contributed by atoms with E-state index < -0.39 is 10.0 Å². The molecule has 2 rings (SSSR count). The molecule has 0 saturated carbocycles. The highest BCUT2D eigenvalue weighted by Crippen LogP contribution is 2.15. The van der Waals surface area contributed by atoms with Crippen molar-refractivity contribution in [1.82, 2.24) is 24.3 Å². The predicted molar refractivity (Wildman–Crippen MR) is 75.9 cm³/mol. The number of aliphatic hydroxyl groups excluding tert-OH is 1. The van der Waals surface area contributed by atoms with E-state index in [1.807, 2.05) is 6.92 Å². The Kier molecular flexibility index (Phi) is 5.10. The van der Waals surface area contributed by atoms with Crippen molar-refractivity contribution in [2.24, 2.45) is 0 Å². The lowest BCUT2D eigenvalue weighted by Crippen LogP contribution is -2.27. The third kappa shape index (κ3) is 3.90. The maximum Gasteiger partial charge on any atom is 0.242 e. The van der Waals surface area contributed by atoms with Crippen molar-refractivity contribution >= 4 is 10.0 Å². The molecule has 0 atom stereocenters. The molecule has 0 aromatic carbocycles. The number of hydrogen-bond acceptors (Lipinski definition) is 5. The Morgan fingerprint density at radius 3 is 2.81 bits per heavy atom. The second-order valence-electron chi connectivity index (χ2n) is 4.58. The van der Waals surface area contributed by atoms with Gasteiger partial charge in [-0.25, -0.2) is 13.1 Å². The summed E-state index contributed by atoms with van der Waals surface area (Å²) in [7, 11) is -3.59. The Morgan fingerprint density at radius 2 is 2.19 bits per heavy atom. The summed E-state index contributed by atoms with van der Waals surface area (Å²) in [6.45, 7) is 3.10. The first-order valence-corrected chi connectivity index (χ1v) is 8.19. The van der Waals surface area contributed by atoms with Gasteiger partial charge in [0.15, 0.2) is 0 Å². The topological polar surface area (TPSA) is 102 Å². The SMILES string of the molecule is CCCn1cc(S(=O)(=O)NCCn2ccnn2)cc1CO. The second-order valence-corrected chi connectivity index (χ2v) is 6.35. The van der Waals surface area contributed by atoms with Gasteiger partial charge in [0.25, 0.3) is 0 Å². The lowest BCUT2D eigenvalue weighted by molar-refractivity contribution is 0.270. The average molecular weight is 313 g/mol. The van der Waals surface area contributed by atoms with Crippen molar-refractivity contribution in [3.05, 3.63) is 30.4 Å². The molecule has 0 aliphatic rings. The Bertz CT molecular complexity index is 663. The van der Waals surface area contributed by atoms with Crippen molar-refractivity contribution in [1.29, 1.82) is 0 Å². The van der Waals surface area contributed by atoms with Gasteiger partial charge in [0.2, 0.25) is 10.0 Å². The molecule has 0 aliphatic carbocycles. The van der Waals surface area contributed by atoms with Crippen LogP contribution < -0.4 is 4.72 Å². The van der Waals surface area contributed by atoms with Crippen molar-refractivity contribution in [2.45, 2.75) is 37.9 Å². The largest absolute Gasteiger partial charge is 0.390 e. The van der Waals surface area contributed by atoms with Gasteiger partial charge in [0.1, 0.15) is 0 Å². The Labute approximate surface area is 123 Å². The minimum atomic E-state index is -3.59. The highest BCUT2D eigenvalue weighted by atomic mass is 32.2. The van der Waals surface area contributed by atoms with Gasteiger partial charge in [0.05, 0.1) is 24.2 Å². The first-order valence-electron chi connectivity index (χ1n) is 6.70. The van der Waals surface area contributed by atoms with Crippen LogP contribution in [0.2, 0.25) is 0 Å². The number of nitrogens with one attached hydrogen (secondary N) is 1. The molecule has 0 bridgehead atoms. The van der Waals surface area contributed by atoms with E-state index in [4.69, 9.17) is 0 Å². The summed E-state index contributed by atoms with van der Waals surface area (Å²) in [6, 6.07) is 1.49. The van der Waals surface area contributed by atoms with Crippen molar-refractivity contribution in [3.63, 3.8) is 0 Å². The highest BCUT2D eigenvalue weighted by molar-refractivity contribution is 7.89. The summed E-state index contributed by atoms with van der Waals surface area (Å²) in [5, 5.41) is 16.7. The maximum absolute atomic E-state index is 12.2. The van der Waals surface area contributed by atoms with Crippen LogP contribution in [0.15, 0.2) is 29.6 Å². The van der Waals surface area contributed by atoms with E-state index in [1.54, 1.807) is 21.6 Å². The molecule has 0 radical (unpaired) electrons. The monoisotopic (exact) mass is 313 g/mol. The lowest BCUT2D eigenvalue weighted by atomic mass is 10.4. The van der Waals surface area contributed by atoms with Gasteiger partial charge in [-0.15, -0.1) is 5.10 Å². The Balaban J connectivity index is 2.04. The van der Waals surface area contributed by atoms with Gasteiger partial charge in [-0.2, -0.15) is 0 Å². The van der Waals surface area contributed by atoms with Crippen LogP contribution in [0.4, 0.5) is 0 Å². The molecule has 9 heteroatoms. The molecule has 0 aliphatic heterocycles. The van der Waals surface area contributed by atoms with Gasteiger partial charge in [0, 0.05) is 31.2 Å². The van der Waals surface area contributed by atoms with E-state index >= 15 is 0 Å². The minimum absolute atomic E-state index is 0.165. The zero-order chi connectivity index (χ0) is 15.3. The van der Waals surface area contributed by atoms with E-state index in [0.717, 1.165) is 6.42 Å². The van der Waals surface area contributed by atoms with Crippen LogP contribution in [0.5, 0.6) is 0 Å². The highest BCUT2D eigenvalue weighted by Gasteiger charge is 2.17. The van der Waals surface area contributed by atoms with E-state index in [2.05, 4.69) is 15.0 Å². The molecule has 0 fully saturated rings. The molecule has 0 spiro atoms. The van der Waals surface area contributed by atoms with E-state index in [0.29, 0.717) is 18.8 Å². The molecule has 0 saturated heterocycles. The van der Waals surface area contributed by atoms with E-state index in [9.17, 15) is 13.5 Å². The molecular formula is C12H19N5O3S. The number of nitrogens with zero attached hydrogens (tertiary/aromatic N) is 4. The zero-order valence-corrected chi connectivity index (χ0v) is 12.6. The maximum atomic E-state index is 12.2. The molecular weight excluding hydrogens is 294 g/mol. The van der Waals surface area contributed by atoms with Gasteiger partial charge in [-0.05, 0) is 12.5 Å². The molecule has 116 valence electrons. The smallest absolute Gasteiger partial charge is 0.242 e. The van der Waals surface area contributed by atoms with Crippen molar-refractivity contribution < 1.29 is 13.5 Å². The summed E-state index contributed by atoms with van der Waals surface area (Å²) in [5.41, 5.74) is 0.591. The molecule has 2 aromatic heterocycles. The summed E-state index contributed by atoms with van der Waals surface area (Å²) in [4.78, 5) is 0.165. The number of hydrogen-bond donors (Lipinski definition) is 2. The summed E-state index contributed by atoms with van der Waals surface area (Å²) >= 11 is 0. The van der Waals surface area contributed by atoms with Crippen molar-refractivity contribution in [2.75, 3.05) is 6.54 Å². The van der Waals surface area contributed by atoms with E-state index in [1.165, 1.54) is 12.3 Å². The molecule has 2 aromatic rings. The third-order valence-corrected chi connectivity index (χ3v) is 4.43. The average Bonchev–Trinajstić information content (AvgIpc) is 3.08. The number of rotatable bonds is 8. The normalized spacial score (nSPS) is 11.9. The number of aliphatic hydroxyl groups is 1. The molecule has 0 amide bonds. The predicted octanol–water partition coefficient (Wildman–Crippen LogP) is -0.0396. The van der Waals surface area contributed by atoms with Crippen LogP contribution >= 0.6 is 0 Å². The molecule has 0 unspecified atom stereocenters. The van der Waals surface area contributed by atoms with Crippen LogP contribution in [0, 0.1) is 0 Å². The second kappa shape index (κ2) is 6.83. The molecule has 2 N–H and O–H groups in total. The minimum Gasteiger partial charge on any atom is -0.390 e. The van der Waals surface area contributed by atoms with Crippen LogP contribution in [-0.2, 0) is 29.7 Å². The van der Waals surface area contributed by atoms with Gasteiger partial charge >= 0.3 is 0 Å². The molecule has 2 heterocycles. The Hall–Kier alpha value is -1.71. The number of aromatic nitrogens is 4. The lowest BCUT2D eigenvalue weighted by Gasteiger charge is -2.05. The fourth-order valence-corrected chi connectivity index (χ4v) is 3.07. The summed E-state index contributed by atoms with van der Waals surface area (Å²) < 4.78 is 30.2. The fourth-order valence-electron chi connectivity index (χ4n) is 1.98. The van der Waals surface area contributed by atoms with E-state index in [-0.39, 0.29) is 18.0 Å². The molecule has 8 nitrogen and oxygen atoms in total. The fraction of sp³-hybridized carbons (Fsp3) is 0.500. The van der Waals surface area contributed by atoms with Gasteiger partial charge in [-0.1, -0.05) is 12.1 Å².